The van der Waals surface area contributed by atoms with Gasteiger partial charge >= 0.3 is 0 Å². The molecule has 1 aromatic carbocycles. The lowest BCUT2D eigenvalue weighted by molar-refractivity contribution is 1.07. The summed E-state index contributed by atoms with van der Waals surface area (Å²) >= 11 is 0. The van der Waals surface area contributed by atoms with Crippen molar-refractivity contribution in [2.45, 2.75) is 13.5 Å². The van der Waals surface area contributed by atoms with Gasteiger partial charge in [0.05, 0.1) is 0 Å². The van der Waals surface area contributed by atoms with Crippen molar-refractivity contribution in [1.29, 1.82) is 0 Å². The predicted octanol–water partition coefficient (Wildman–Crippen LogP) is 2.59. The molecule has 0 aliphatic heterocycles. The van der Waals surface area contributed by atoms with E-state index in [0.29, 0.717) is 6.54 Å². The first-order chi connectivity index (χ1) is 7.79. The fraction of sp³-hybridized carbons (Fsp3) is 0.154. The van der Waals surface area contributed by atoms with Crippen LogP contribution < -0.4 is 11.1 Å². The Balaban J connectivity index is 2.18. The molecule has 0 bridgehead atoms. The zero-order chi connectivity index (χ0) is 11.4. The third-order valence-electron chi connectivity index (χ3n) is 2.49. The number of rotatable bonds is 3. The first-order valence-electron chi connectivity index (χ1n) is 5.26. The molecule has 0 atom stereocenters. The molecule has 1 heterocycles. The minimum absolute atomic E-state index is 0.578. The van der Waals surface area contributed by atoms with Crippen molar-refractivity contribution in [3.05, 3.63) is 53.9 Å². The fourth-order valence-corrected chi connectivity index (χ4v) is 1.49. The number of nitrogens with two attached hydrogens (primary N) is 1. The molecule has 1 aromatic heterocycles. The molecule has 0 aliphatic carbocycles. The van der Waals surface area contributed by atoms with Crippen LogP contribution >= 0.6 is 0 Å². The molecular weight excluding hydrogens is 198 g/mol. The molecule has 0 amide bonds. The van der Waals surface area contributed by atoms with Gasteiger partial charge in [0, 0.05) is 30.3 Å². The van der Waals surface area contributed by atoms with Gasteiger partial charge < -0.3 is 11.1 Å². The maximum atomic E-state index is 5.55. The van der Waals surface area contributed by atoms with Crippen molar-refractivity contribution in [1.82, 2.24) is 4.98 Å². The largest absolute Gasteiger partial charge is 0.355 e. The molecule has 3 nitrogen and oxygen atoms in total. The minimum Gasteiger partial charge on any atom is -0.355 e. The third-order valence-corrected chi connectivity index (χ3v) is 2.49. The van der Waals surface area contributed by atoms with Crippen molar-refractivity contribution >= 4 is 11.4 Å². The van der Waals surface area contributed by atoms with Crippen LogP contribution in [0.3, 0.4) is 0 Å². The Bertz CT molecular complexity index is 463. The highest BCUT2D eigenvalue weighted by molar-refractivity contribution is 5.62. The highest BCUT2D eigenvalue weighted by Crippen LogP contribution is 2.19. The molecule has 3 heteroatoms. The van der Waals surface area contributed by atoms with E-state index >= 15 is 0 Å². The van der Waals surface area contributed by atoms with Crippen molar-refractivity contribution in [2.75, 3.05) is 5.32 Å². The molecule has 16 heavy (non-hydrogen) atoms. The van der Waals surface area contributed by atoms with Crippen LogP contribution in [0.25, 0.3) is 0 Å². The SMILES string of the molecule is Cc1cnccc1Nc1ccc(CN)cc1. The standard InChI is InChI=1S/C13H15N3/c1-10-9-15-7-6-13(10)16-12-4-2-11(8-14)3-5-12/h2-7,9H,8,14H2,1H3,(H,15,16). The molecule has 0 saturated carbocycles. The van der Waals surface area contributed by atoms with Crippen LogP contribution in [0.15, 0.2) is 42.7 Å². The molecular formula is C13H15N3. The summed E-state index contributed by atoms with van der Waals surface area (Å²) in [7, 11) is 0. The van der Waals surface area contributed by atoms with Crippen LogP contribution in [0.5, 0.6) is 0 Å². The van der Waals surface area contributed by atoms with Gasteiger partial charge in [-0.3, -0.25) is 4.98 Å². The Kier molecular flexibility index (Phi) is 3.17. The van der Waals surface area contributed by atoms with Crippen LogP contribution in [-0.2, 0) is 6.54 Å². The van der Waals surface area contributed by atoms with Gasteiger partial charge in [0.1, 0.15) is 0 Å². The quantitative estimate of drug-likeness (QED) is 0.824. The van der Waals surface area contributed by atoms with E-state index in [2.05, 4.69) is 10.3 Å². The van der Waals surface area contributed by atoms with E-state index < -0.39 is 0 Å². The molecule has 0 aliphatic rings. The highest BCUT2D eigenvalue weighted by Gasteiger charge is 1.98. The van der Waals surface area contributed by atoms with Crippen LogP contribution in [0.1, 0.15) is 11.1 Å². The number of anilines is 2. The lowest BCUT2D eigenvalue weighted by Crippen LogP contribution is -1.97. The van der Waals surface area contributed by atoms with Gasteiger partial charge in [0.15, 0.2) is 0 Å². The first kappa shape index (κ1) is 10.6. The summed E-state index contributed by atoms with van der Waals surface area (Å²) in [6.45, 7) is 2.61. The predicted molar refractivity (Wildman–Crippen MR) is 66.6 cm³/mol. The second-order valence-electron chi connectivity index (χ2n) is 3.72. The number of aryl methyl sites for hydroxylation is 1. The van der Waals surface area contributed by atoms with Crippen LogP contribution in [-0.4, -0.2) is 4.98 Å². The normalized spacial score (nSPS) is 10.1. The molecule has 0 saturated heterocycles. The molecule has 0 unspecified atom stereocenters. The summed E-state index contributed by atoms with van der Waals surface area (Å²) in [5, 5.41) is 3.34. The van der Waals surface area contributed by atoms with Gasteiger partial charge in [-0.05, 0) is 36.2 Å². The Morgan fingerprint density at radius 1 is 1.19 bits per heavy atom. The Morgan fingerprint density at radius 3 is 2.56 bits per heavy atom. The number of aromatic nitrogens is 1. The average Bonchev–Trinajstić information content (AvgIpc) is 2.33. The fourth-order valence-electron chi connectivity index (χ4n) is 1.49. The average molecular weight is 213 g/mol. The topological polar surface area (TPSA) is 50.9 Å². The van der Waals surface area contributed by atoms with Gasteiger partial charge in [-0.1, -0.05) is 12.1 Å². The number of pyridine rings is 1. The van der Waals surface area contributed by atoms with E-state index in [-0.39, 0.29) is 0 Å². The molecule has 2 rings (SSSR count). The van der Waals surface area contributed by atoms with Crippen molar-refractivity contribution in [2.24, 2.45) is 5.73 Å². The van der Waals surface area contributed by atoms with E-state index in [1.165, 1.54) is 0 Å². The molecule has 0 radical (unpaired) electrons. The molecule has 2 aromatic rings. The van der Waals surface area contributed by atoms with Gasteiger partial charge in [0.2, 0.25) is 0 Å². The number of benzene rings is 1. The van der Waals surface area contributed by atoms with Gasteiger partial charge in [-0.2, -0.15) is 0 Å². The Hall–Kier alpha value is -1.87. The van der Waals surface area contributed by atoms with E-state index in [1.807, 2.05) is 43.5 Å². The lowest BCUT2D eigenvalue weighted by atomic mass is 10.2. The van der Waals surface area contributed by atoms with E-state index in [1.54, 1.807) is 6.20 Å². The van der Waals surface area contributed by atoms with E-state index in [4.69, 9.17) is 5.73 Å². The van der Waals surface area contributed by atoms with Crippen molar-refractivity contribution < 1.29 is 0 Å². The zero-order valence-electron chi connectivity index (χ0n) is 9.27. The minimum atomic E-state index is 0.578. The van der Waals surface area contributed by atoms with E-state index in [9.17, 15) is 0 Å². The summed E-state index contributed by atoms with van der Waals surface area (Å²) in [6, 6.07) is 10.1. The Morgan fingerprint density at radius 2 is 1.94 bits per heavy atom. The van der Waals surface area contributed by atoms with Crippen LogP contribution in [0.2, 0.25) is 0 Å². The summed E-state index contributed by atoms with van der Waals surface area (Å²) in [5.41, 5.74) is 9.95. The van der Waals surface area contributed by atoms with Gasteiger partial charge in [-0.15, -0.1) is 0 Å². The van der Waals surface area contributed by atoms with Crippen LogP contribution in [0.4, 0.5) is 11.4 Å². The summed E-state index contributed by atoms with van der Waals surface area (Å²) in [6.07, 6.45) is 3.63. The Labute approximate surface area is 95.3 Å². The number of hydrogen-bond donors (Lipinski definition) is 2. The second kappa shape index (κ2) is 4.77. The number of nitrogens with zero attached hydrogens (tertiary/aromatic N) is 1. The highest BCUT2D eigenvalue weighted by atomic mass is 14.9. The van der Waals surface area contributed by atoms with Crippen LogP contribution in [0, 0.1) is 6.92 Å². The maximum Gasteiger partial charge on any atom is 0.0444 e. The second-order valence-corrected chi connectivity index (χ2v) is 3.72. The smallest absolute Gasteiger partial charge is 0.0444 e. The van der Waals surface area contributed by atoms with E-state index in [0.717, 1.165) is 22.5 Å². The summed E-state index contributed by atoms with van der Waals surface area (Å²) < 4.78 is 0. The van der Waals surface area contributed by atoms with Crippen molar-refractivity contribution in [3.8, 4) is 0 Å². The summed E-state index contributed by atoms with van der Waals surface area (Å²) in [4.78, 5) is 4.06. The van der Waals surface area contributed by atoms with Crippen molar-refractivity contribution in [3.63, 3.8) is 0 Å². The number of nitrogens with one attached hydrogen (secondary N) is 1. The van der Waals surface area contributed by atoms with Gasteiger partial charge in [0.25, 0.3) is 0 Å². The summed E-state index contributed by atoms with van der Waals surface area (Å²) in [5.74, 6) is 0. The third kappa shape index (κ3) is 2.38. The monoisotopic (exact) mass is 213 g/mol. The zero-order valence-corrected chi connectivity index (χ0v) is 9.27. The molecule has 0 fully saturated rings. The molecule has 3 N–H and O–H groups in total. The maximum absolute atomic E-state index is 5.55. The van der Waals surface area contributed by atoms with Gasteiger partial charge in [-0.25, -0.2) is 0 Å². The lowest BCUT2D eigenvalue weighted by Gasteiger charge is -2.09. The molecule has 82 valence electrons. The molecule has 0 spiro atoms. The first-order valence-corrected chi connectivity index (χ1v) is 5.26. The number of hydrogen-bond acceptors (Lipinski definition) is 3.